The minimum Gasteiger partial charge on any atom is -0.493 e. The first kappa shape index (κ1) is 19.9. The maximum absolute atomic E-state index is 13.3. The molecule has 7 nitrogen and oxygen atoms in total. The summed E-state index contributed by atoms with van der Waals surface area (Å²) in [7, 11) is 1.66. The van der Waals surface area contributed by atoms with E-state index in [1.54, 1.807) is 17.7 Å². The van der Waals surface area contributed by atoms with Gasteiger partial charge in [0, 0.05) is 26.1 Å². The van der Waals surface area contributed by atoms with Crippen LogP contribution >= 0.6 is 0 Å². The highest BCUT2D eigenvalue weighted by atomic mass is 16.5. The lowest BCUT2D eigenvalue weighted by molar-refractivity contribution is 0.0699. The van der Waals surface area contributed by atoms with E-state index in [0.29, 0.717) is 36.8 Å². The van der Waals surface area contributed by atoms with Crippen LogP contribution in [0, 0.1) is 0 Å². The first-order valence-corrected chi connectivity index (χ1v) is 10.3. The van der Waals surface area contributed by atoms with Crippen molar-refractivity contribution in [2.45, 2.75) is 25.7 Å². The fourth-order valence-electron chi connectivity index (χ4n) is 4.04. The third-order valence-corrected chi connectivity index (χ3v) is 5.46. The molecule has 4 rings (SSSR count). The van der Waals surface area contributed by atoms with Crippen molar-refractivity contribution in [3.8, 4) is 11.4 Å². The molecular weight excluding hydrogens is 380 g/mol. The van der Waals surface area contributed by atoms with Crippen LogP contribution in [0.15, 0.2) is 59.4 Å². The normalized spacial score (nSPS) is 16.5. The van der Waals surface area contributed by atoms with Crippen LogP contribution < -0.4 is 10.4 Å². The second-order valence-corrected chi connectivity index (χ2v) is 7.45. The number of hydrogen-bond donors (Lipinski definition) is 0. The molecule has 1 unspecified atom stereocenters. The van der Waals surface area contributed by atoms with Crippen molar-refractivity contribution in [3.05, 3.63) is 76.5 Å². The van der Waals surface area contributed by atoms with Gasteiger partial charge in [-0.05, 0) is 44.0 Å². The van der Waals surface area contributed by atoms with Gasteiger partial charge in [-0.2, -0.15) is 5.10 Å². The van der Waals surface area contributed by atoms with Crippen LogP contribution in [0.3, 0.4) is 0 Å². The fourth-order valence-corrected chi connectivity index (χ4v) is 4.04. The standard InChI is InChI=1S/C23H26N4O3/c1-3-30-20-14-8-7-13-19(20)22(28)26-15-9-10-17(16-26)21-24-25(2)23(29)27(21)18-11-5-4-6-12-18/h4-8,11-14,17H,3,9-10,15-16H2,1-2H3. The number of amides is 1. The molecule has 30 heavy (non-hydrogen) atoms. The summed E-state index contributed by atoms with van der Waals surface area (Å²) in [5, 5.41) is 4.53. The molecule has 0 bridgehead atoms. The van der Waals surface area contributed by atoms with Gasteiger partial charge in [0.05, 0.1) is 17.9 Å². The van der Waals surface area contributed by atoms with E-state index in [4.69, 9.17) is 4.74 Å². The molecule has 3 aromatic rings. The van der Waals surface area contributed by atoms with Crippen molar-refractivity contribution in [2.75, 3.05) is 19.7 Å². The quantitative estimate of drug-likeness (QED) is 0.653. The number of piperidine rings is 1. The Balaban J connectivity index is 1.64. The Labute approximate surface area is 175 Å². The van der Waals surface area contributed by atoms with Crippen molar-refractivity contribution in [3.63, 3.8) is 0 Å². The summed E-state index contributed by atoms with van der Waals surface area (Å²) in [5.74, 6) is 1.24. The average molecular weight is 406 g/mol. The Bertz CT molecular complexity index is 1090. The molecule has 0 spiro atoms. The second kappa shape index (κ2) is 8.57. The first-order chi connectivity index (χ1) is 14.6. The van der Waals surface area contributed by atoms with Crippen LogP contribution in [-0.2, 0) is 7.05 Å². The number of hydrogen-bond acceptors (Lipinski definition) is 4. The van der Waals surface area contributed by atoms with Gasteiger partial charge in [0.1, 0.15) is 11.6 Å². The molecule has 2 aromatic carbocycles. The lowest BCUT2D eigenvalue weighted by atomic mass is 9.96. The van der Waals surface area contributed by atoms with E-state index in [1.807, 2.05) is 60.4 Å². The zero-order valence-corrected chi connectivity index (χ0v) is 17.3. The largest absolute Gasteiger partial charge is 0.493 e. The second-order valence-electron chi connectivity index (χ2n) is 7.45. The molecule has 1 saturated heterocycles. The van der Waals surface area contributed by atoms with Crippen molar-refractivity contribution < 1.29 is 9.53 Å². The van der Waals surface area contributed by atoms with E-state index in [-0.39, 0.29) is 17.5 Å². The van der Waals surface area contributed by atoms with E-state index in [0.717, 1.165) is 18.5 Å². The molecule has 1 aliphatic heterocycles. The molecule has 2 heterocycles. The number of aromatic nitrogens is 3. The molecule has 1 fully saturated rings. The van der Waals surface area contributed by atoms with Crippen molar-refractivity contribution >= 4 is 5.91 Å². The van der Waals surface area contributed by atoms with Crippen LogP contribution in [0.4, 0.5) is 0 Å². The SMILES string of the molecule is CCOc1ccccc1C(=O)N1CCCC(c2nn(C)c(=O)n2-c2ccccc2)C1. The van der Waals surface area contributed by atoms with Gasteiger partial charge >= 0.3 is 5.69 Å². The third kappa shape index (κ3) is 3.75. The number of likely N-dealkylation sites (tertiary alicyclic amines) is 1. The van der Waals surface area contributed by atoms with E-state index < -0.39 is 0 Å². The first-order valence-electron chi connectivity index (χ1n) is 10.3. The Morgan fingerprint density at radius 3 is 2.63 bits per heavy atom. The number of para-hydroxylation sites is 2. The van der Waals surface area contributed by atoms with Gasteiger partial charge in [-0.3, -0.25) is 4.79 Å². The number of ether oxygens (including phenoxy) is 1. The van der Waals surface area contributed by atoms with Gasteiger partial charge in [0.2, 0.25) is 0 Å². The number of benzene rings is 2. The van der Waals surface area contributed by atoms with Crippen LogP contribution in [0.2, 0.25) is 0 Å². The number of carbonyl (C=O) groups excluding carboxylic acids is 1. The summed E-state index contributed by atoms with van der Waals surface area (Å²) in [4.78, 5) is 27.9. The van der Waals surface area contributed by atoms with E-state index in [2.05, 4.69) is 5.10 Å². The molecule has 0 aliphatic carbocycles. The van der Waals surface area contributed by atoms with Gasteiger partial charge < -0.3 is 9.64 Å². The predicted octanol–water partition coefficient (Wildman–Crippen LogP) is 2.99. The van der Waals surface area contributed by atoms with Crippen LogP contribution in [-0.4, -0.2) is 44.9 Å². The Morgan fingerprint density at radius 1 is 1.13 bits per heavy atom. The molecule has 0 radical (unpaired) electrons. The zero-order chi connectivity index (χ0) is 21.1. The fraction of sp³-hybridized carbons (Fsp3) is 0.348. The predicted molar refractivity (Wildman–Crippen MR) is 114 cm³/mol. The Kier molecular flexibility index (Phi) is 5.70. The minimum atomic E-state index is -0.179. The van der Waals surface area contributed by atoms with Crippen molar-refractivity contribution in [1.82, 2.24) is 19.2 Å². The molecule has 1 amide bonds. The van der Waals surface area contributed by atoms with Crippen LogP contribution in [0.1, 0.15) is 41.9 Å². The topological polar surface area (TPSA) is 69.4 Å². The van der Waals surface area contributed by atoms with Gasteiger partial charge in [0.15, 0.2) is 0 Å². The maximum atomic E-state index is 13.3. The van der Waals surface area contributed by atoms with Crippen molar-refractivity contribution in [2.24, 2.45) is 7.05 Å². The van der Waals surface area contributed by atoms with Gasteiger partial charge in [0.25, 0.3) is 5.91 Å². The summed E-state index contributed by atoms with van der Waals surface area (Å²) >= 11 is 0. The Morgan fingerprint density at radius 2 is 1.87 bits per heavy atom. The number of carbonyl (C=O) groups is 1. The monoisotopic (exact) mass is 406 g/mol. The summed E-state index contributed by atoms with van der Waals surface area (Å²) in [6.45, 7) is 3.60. The molecule has 0 saturated carbocycles. The lowest BCUT2D eigenvalue weighted by Gasteiger charge is -2.32. The molecule has 1 atom stereocenters. The smallest absolute Gasteiger partial charge is 0.350 e. The molecule has 156 valence electrons. The maximum Gasteiger partial charge on any atom is 0.350 e. The highest BCUT2D eigenvalue weighted by Crippen LogP contribution is 2.29. The number of aryl methyl sites for hydroxylation is 1. The molecule has 1 aromatic heterocycles. The highest BCUT2D eigenvalue weighted by molar-refractivity contribution is 5.97. The van der Waals surface area contributed by atoms with Gasteiger partial charge in [-0.15, -0.1) is 0 Å². The van der Waals surface area contributed by atoms with Crippen molar-refractivity contribution in [1.29, 1.82) is 0 Å². The molecule has 1 aliphatic rings. The van der Waals surface area contributed by atoms with E-state index in [1.165, 1.54) is 4.68 Å². The highest BCUT2D eigenvalue weighted by Gasteiger charge is 2.31. The van der Waals surface area contributed by atoms with E-state index >= 15 is 0 Å². The van der Waals surface area contributed by atoms with Crippen LogP contribution in [0.5, 0.6) is 5.75 Å². The zero-order valence-electron chi connectivity index (χ0n) is 17.3. The number of rotatable bonds is 5. The number of nitrogens with zero attached hydrogens (tertiary/aromatic N) is 4. The lowest BCUT2D eigenvalue weighted by Crippen LogP contribution is -2.40. The molecule has 0 N–H and O–H groups in total. The Hall–Kier alpha value is -3.35. The summed E-state index contributed by atoms with van der Waals surface area (Å²) in [5.41, 5.74) is 1.18. The summed E-state index contributed by atoms with van der Waals surface area (Å²) in [6, 6.07) is 16.9. The average Bonchev–Trinajstić information content (AvgIpc) is 3.09. The molecular formula is C23H26N4O3. The van der Waals surface area contributed by atoms with Gasteiger partial charge in [-0.1, -0.05) is 30.3 Å². The third-order valence-electron chi connectivity index (χ3n) is 5.46. The van der Waals surface area contributed by atoms with E-state index in [9.17, 15) is 9.59 Å². The molecule has 7 heteroatoms. The minimum absolute atomic E-state index is 0.0175. The summed E-state index contributed by atoms with van der Waals surface area (Å²) < 4.78 is 8.68. The van der Waals surface area contributed by atoms with Gasteiger partial charge in [-0.25, -0.2) is 14.0 Å². The van der Waals surface area contributed by atoms with Crippen LogP contribution in [0.25, 0.3) is 5.69 Å². The summed E-state index contributed by atoms with van der Waals surface area (Å²) in [6.07, 6.45) is 1.73.